The number of aryl methyl sites for hydroxylation is 1. The van der Waals surface area contributed by atoms with E-state index < -0.39 is 0 Å². The van der Waals surface area contributed by atoms with Crippen LogP contribution in [-0.2, 0) is 16.1 Å². The molecule has 2 fully saturated rings. The summed E-state index contributed by atoms with van der Waals surface area (Å²) >= 11 is 0. The lowest BCUT2D eigenvalue weighted by Gasteiger charge is -2.37. The molecule has 0 bridgehead atoms. The minimum absolute atomic E-state index is 0.0935. The molecular formula is C27H35N5O3. The molecule has 1 atom stereocenters. The van der Waals surface area contributed by atoms with Crippen molar-refractivity contribution in [2.24, 2.45) is 0 Å². The van der Waals surface area contributed by atoms with Crippen LogP contribution in [0.2, 0.25) is 0 Å². The van der Waals surface area contributed by atoms with Crippen molar-refractivity contribution in [3.63, 3.8) is 0 Å². The van der Waals surface area contributed by atoms with Gasteiger partial charge in [0.15, 0.2) is 0 Å². The first-order chi connectivity index (χ1) is 16.9. The van der Waals surface area contributed by atoms with Gasteiger partial charge in [-0.1, -0.05) is 42.0 Å². The van der Waals surface area contributed by atoms with Crippen molar-refractivity contribution in [1.29, 1.82) is 0 Å². The second-order valence-corrected chi connectivity index (χ2v) is 9.53. The average Bonchev–Trinajstić information content (AvgIpc) is 3.68. The van der Waals surface area contributed by atoms with Crippen LogP contribution in [0.3, 0.4) is 0 Å². The van der Waals surface area contributed by atoms with E-state index in [1.807, 2.05) is 38.1 Å². The lowest BCUT2D eigenvalue weighted by Crippen LogP contribution is -2.55. The Hall–Kier alpha value is -3.23. The van der Waals surface area contributed by atoms with Crippen LogP contribution < -0.4 is 16.0 Å². The van der Waals surface area contributed by atoms with Crippen molar-refractivity contribution in [2.75, 3.05) is 38.0 Å². The van der Waals surface area contributed by atoms with Crippen molar-refractivity contribution in [2.45, 2.75) is 45.3 Å². The fourth-order valence-electron chi connectivity index (χ4n) is 4.19. The number of amides is 3. The van der Waals surface area contributed by atoms with E-state index in [9.17, 15) is 14.4 Å². The maximum Gasteiger partial charge on any atom is 0.253 e. The molecule has 1 heterocycles. The number of carbonyl (C=O) groups is 3. The first-order valence-corrected chi connectivity index (χ1v) is 12.4. The molecule has 3 amide bonds. The summed E-state index contributed by atoms with van der Waals surface area (Å²) in [5, 5.41) is 8.90. The number of nitrogens with zero attached hydrogens (tertiary/aromatic N) is 2. The Balaban J connectivity index is 1.25. The molecule has 0 spiro atoms. The standard InChI is InChI=1S/C27H35N5O3/c1-19-7-9-21(10-8-19)17-28-27(35)23-5-3-4-6-24(23)30-25(33)18-31-13-15-32(16-14-31)20(2)26(34)29-22-11-12-22/h3-10,20,22H,11-18H2,1-2H3,(H,28,35)(H,29,34)(H,30,33). The lowest BCUT2D eigenvalue weighted by molar-refractivity contribution is -0.127. The Labute approximate surface area is 207 Å². The summed E-state index contributed by atoms with van der Waals surface area (Å²) in [5.74, 6) is -0.290. The van der Waals surface area contributed by atoms with Gasteiger partial charge in [-0.05, 0) is 44.4 Å². The first kappa shape index (κ1) is 24.9. The largest absolute Gasteiger partial charge is 0.352 e. The minimum atomic E-state index is -0.228. The first-order valence-electron chi connectivity index (χ1n) is 12.4. The van der Waals surface area contributed by atoms with Gasteiger partial charge in [-0.25, -0.2) is 0 Å². The maximum atomic E-state index is 12.8. The molecule has 4 rings (SSSR count). The number of anilines is 1. The molecule has 2 aromatic carbocycles. The number of para-hydroxylation sites is 1. The van der Waals surface area contributed by atoms with Gasteiger partial charge in [-0.3, -0.25) is 24.2 Å². The summed E-state index contributed by atoms with van der Waals surface area (Å²) in [6.07, 6.45) is 2.16. The Morgan fingerprint density at radius 3 is 2.34 bits per heavy atom. The van der Waals surface area contributed by atoms with Crippen LogP contribution in [0, 0.1) is 6.92 Å². The predicted octanol–water partition coefficient (Wildman–Crippen LogP) is 2.15. The molecule has 0 aromatic heterocycles. The number of piperazine rings is 1. The molecule has 8 heteroatoms. The molecular weight excluding hydrogens is 442 g/mol. The van der Waals surface area contributed by atoms with Gasteiger partial charge in [0.25, 0.3) is 5.91 Å². The van der Waals surface area contributed by atoms with Gasteiger partial charge in [-0.15, -0.1) is 0 Å². The summed E-state index contributed by atoms with van der Waals surface area (Å²) in [4.78, 5) is 42.1. The number of hydrogen-bond acceptors (Lipinski definition) is 5. The van der Waals surface area contributed by atoms with Crippen LogP contribution in [0.15, 0.2) is 48.5 Å². The monoisotopic (exact) mass is 477 g/mol. The zero-order valence-corrected chi connectivity index (χ0v) is 20.5. The third-order valence-corrected chi connectivity index (χ3v) is 6.64. The molecule has 2 aromatic rings. The molecule has 35 heavy (non-hydrogen) atoms. The van der Waals surface area contributed by atoms with E-state index in [4.69, 9.17) is 0 Å². The molecule has 1 unspecified atom stereocenters. The van der Waals surface area contributed by atoms with Crippen LogP contribution in [0.4, 0.5) is 5.69 Å². The summed E-state index contributed by atoms with van der Waals surface area (Å²) < 4.78 is 0. The quantitative estimate of drug-likeness (QED) is 0.515. The second-order valence-electron chi connectivity index (χ2n) is 9.53. The number of hydrogen-bond donors (Lipinski definition) is 3. The van der Waals surface area contributed by atoms with Gasteiger partial charge >= 0.3 is 0 Å². The average molecular weight is 478 g/mol. The number of rotatable bonds is 9. The van der Waals surface area contributed by atoms with Crippen LogP contribution in [0.1, 0.15) is 41.3 Å². The lowest BCUT2D eigenvalue weighted by atomic mass is 10.1. The number of nitrogens with one attached hydrogen (secondary N) is 3. The zero-order chi connectivity index (χ0) is 24.8. The third-order valence-electron chi connectivity index (χ3n) is 6.64. The highest BCUT2D eigenvalue weighted by Crippen LogP contribution is 2.19. The van der Waals surface area contributed by atoms with E-state index in [-0.39, 0.29) is 30.3 Å². The predicted molar refractivity (Wildman–Crippen MR) is 136 cm³/mol. The second kappa shape index (κ2) is 11.5. The van der Waals surface area contributed by atoms with Crippen LogP contribution in [0.5, 0.6) is 0 Å². The summed E-state index contributed by atoms with van der Waals surface area (Å²) in [5.41, 5.74) is 3.13. The van der Waals surface area contributed by atoms with Gasteiger partial charge in [0, 0.05) is 38.8 Å². The van der Waals surface area contributed by atoms with Gasteiger partial charge in [0.05, 0.1) is 23.8 Å². The van der Waals surface area contributed by atoms with E-state index in [0.717, 1.165) is 31.5 Å². The fraction of sp³-hybridized carbons (Fsp3) is 0.444. The van der Waals surface area contributed by atoms with Gasteiger partial charge in [-0.2, -0.15) is 0 Å². The number of benzene rings is 2. The van der Waals surface area contributed by atoms with E-state index in [2.05, 4.69) is 25.8 Å². The van der Waals surface area contributed by atoms with Crippen LogP contribution in [-0.4, -0.2) is 72.3 Å². The number of carbonyl (C=O) groups excluding carboxylic acids is 3. The van der Waals surface area contributed by atoms with Gasteiger partial charge < -0.3 is 16.0 Å². The normalized spacial score (nSPS) is 17.4. The van der Waals surface area contributed by atoms with E-state index in [0.29, 0.717) is 36.9 Å². The van der Waals surface area contributed by atoms with Gasteiger partial charge in [0.1, 0.15) is 0 Å². The molecule has 1 saturated carbocycles. The summed E-state index contributed by atoms with van der Waals surface area (Å²) in [6, 6.07) is 15.3. The highest BCUT2D eigenvalue weighted by atomic mass is 16.2. The van der Waals surface area contributed by atoms with Crippen LogP contribution >= 0.6 is 0 Å². The highest BCUT2D eigenvalue weighted by Gasteiger charge is 2.30. The Kier molecular flexibility index (Phi) is 8.15. The third kappa shape index (κ3) is 7.13. The Bertz CT molecular complexity index is 1040. The Morgan fingerprint density at radius 1 is 0.971 bits per heavy atom. The molecule has 186 valence electrons. The summed E-state index contributed by atoms with van der Waals surface area (Å²) in [6.45, 7) is 7.55. The summed E-state index contributed by atoms with van der Waals surface area (Å²) in [7, 11) is 0. The topological polar surface area (TPSA) is 93.8 Å². The van der Waals surface area contributed by atoms with Crippen molar-refractivity contribution in [1.82, 2.24) is 20.4 Å². The molecule has 8 nitrogen and oxygen atoms in total. The smallest absolute Gasteiger partial charge is 0.253 e. The van der Waals surface area contributed by atoms with Crippen molar-refractivity contribution >= 4 is 23.4 Å². The van der Waals surface area contributed by atoms with E-state index >= 15 is 0 Å². The van der Waals surface area contributed by atoms with Crippen molar-refractivity contribution < 1.29 is 14.4 Å². The van der Waals surface area contributed by atoms with Gasteiger partial charge in [0.2, 0.25) is 11.8 Å². The molecule has 1 aliphatic carbocycles. The van der Waals surface area contributed by atoms with Crippen molar-refractivity contribution in [3.8, 4) is 0 Å². The fourth-order valence-corrected chi connectivity index (χ4v) is 4.19. The van der Waals surface area contributed by atoms with Crippen molar-refractivity contribution in [3.05, 3.63) is 65.2 Å². The molecule has 1 saturated heterocycles. The van der Waals surface area contributed by atoms with Crippen LogP contribution in [0.25, 0.3) is 0 Å². The van der Waals surface area contributed by atoms with E-state index in [1.165, 1.54) is 5.56 Å². The Morgan fingerprint density at radius 2 is 1.66 bits per heavy atom. The molecule has 1 aliphatic heterocycles. The highest BCUT2D eigenvalue weighted by molar-refractivity contribution is 6.04. The zero-order valence-electron chi connectivity index (χ0n) is 20.5. The minimum Gasteiger partial charge on any atom is -0.352 e. The molecule has 2 aliphatic rings. The SMILES string of the molecule is Cc1ccc(CNC(=O)c2ccccc2NC(=O)CN2CCN(C(C)C(=O)NC3CC3)CC2)cc1. The maximum absolute atomic E-state index is 12.8. The molecule has 0 radical (unpaired) electrons. The van der Waals surface area contributed by atoms with E-state index in [1.54, 1.807) is 24.3 Å². The molecule has 3 N–H and O–H groups in total.